The van der Waals surface area contributed by atoms with E-state index in [9.17, 15) is 27.9 Å². The van der Waals surface area contributed by atoms with Gasteiger partial charge in [-0.1, -0.05) is 31.2 Å². The van der Waals surface area contributed by atoms with Gasteiger partial charge in [0, 0.05) is 44.0 Å². The maximum absolute atomic E-state index is 14.6. The van der Waals surface area contributed by atoms with Gasteiger partial charge < -0.3 is 19.9 Å². The number of anilines is 1. The van der Waals surface area contributed by atoms with Crippen LogP contribution in [0.4, 0.5) is 18.9 Å². The fourth-order valence-electron chi connectivity index (χ4n) is 7.15. The maximum atomic E-state index is 14.6. The molecule has 1 saturated carbocycles. The average Bonchev–Trinajstić information content (AvgIpc) is 3.38. The minimum atomic E-state index is -4.76. The minimum Gasteiger partial charge on any atom is -0.492 e. The monoisotopic (exact) mass is 694 g/mol. The van der Waals surface area contributed by atoms with Crippen LogP contribution in [0.2, 0.25) is 30.7 Å². The number of hydrogen-bond acceptors (Lipinski definition) is 6. The number of ether oxygens (including phenoxy) is 2. The van der Waals surface area contributed by atoms with Gasteiger partial charge in [0.2, 0.25) is 5.91 Å². The van der Waals surface area contributed by atoms with Crippen LogP contribution in [0.3, 0.4) is 0 Å². The summed E-state index contributed by atoms with van der Waals surface area (Å²) >= 11 is 6.24. The van der Waals surface area contributed by atoms with Crippen LogP contribution >= 0.6 is 11.6 Å². The normalized spacial score (nSPS) is 22.8. The summed E-state index contributed by atoms with van der Waals surface area (Å²) in [4.78, 5) is 28.8. The molecule has 2 N–H and O–H groups in total. The third-order valence-corrected chi connectivity index (χ3v) is 11.8. The summed E-state index contributed by atoms with van der Waals surface area (Å²) in [7, 11) is -1.43. The molecule has 2 aromatic carbocycles. The summed E-state index contributed by atoms with van der Waals surface area (Å²) in [6, 6.07) is 8.14. The molecule has 47 heavy (non-hydrogen) atoms. The van der Waals surface area contributed by atoms with E-state index in [1.54, 1.807) is 13.0 Å². The summed E-state index contributed by atoms with van der Waals surface area (Å²) in [5.74, 6) is -0.0303. The lowest BCUT2D eigenvalue weighted by Gasteiger charge is -2.41. The van der Waals surface area contributed by atoms with Crippen molar-refractivity contribution in [3.05, 3.63) is 57.0 Å². The number of rotatable bonds is 10. The summed E-state index contributed by atoms with van der Waals surface area (Å²) in [5, 5.41) is 13.9. The number of alkyl halides is 3. The molecule has 6 rings (SSSR count). The average molecular weight is 695 g/mol. The Morgan fingerprint density at radius 3 is 2.43 bits per heavy atom. The third kappa shape index (κ3) is 6.74. The first kappa shape index (κ1) is 34.0. The number of aromatic nitrogens is 2. The molecule has 2 fully saturated rings. The molecule has 3 aliphatic rings. The predicted octanol–water partition coefficient (Wildman–Crippen LogP) is 6.24. The number of benzene rings is 2. The number of aliphatic hydroxyl groups is 1. The molecule has 0 unspecified atom stereocenters. The van der Waals surface area contributed by atoms with Crippen LogP contribution in [-0.2, 0) is 27.9 Å². The van der Waals surface area contributed by atoms with Crippen molar-refractivity contribution in [1.82, 2.24) is 14.0 Å². The van der Waals surface area contributed by atoms with Crippen molar-refractivity contribution in [2.45, 2.75) is 88.3 Å². The molecule has 9 nitrogen and oxygen atoms in total. The van der Waals surface area contributed by atoms with E-state index in [0.717, 1.165) is 23.4 Å². The Kier molecular flexibility index (Phi) is 8.86. The molecule has 2 aliphatic heterocycles. The summed E-state index contributed by atoms with van der Waals surface area (Å²) < 4.78 is 58.0. The molecule has 256 valence electrons. The SMILES string of the molecule is CC1(O)CC(n2c(=O)n(COCC[Si](C)(C)C)c3cc(OCCN4CCC5(CC4)C(=O)Nc4ccc(Cl)cc45)cc(C(F)(F)F)c32)C1. The van der Waals surface area contributed by atoms with Crippen molar-refractivity contribution in [3.8, 4) is 5.75 Å². The van der Waals surface area contributed by atoms with Crippen LogP contribution in [0, 0.1) is 0 Å². The largest absolute Gasteiger partial charge is 0.492 e. The lowest BCUT2D eigenvalue weighted by molar-refractivity contribution is -0.136. The number of nitrogens with one attached hydrogen (secondary N) is 1. The standard InChI is InChI=1S/C33H42ClF3N4O5Si/c1-31(44)18-22(19-31)41-28-25(33(35,36)37)16-23(17-27(28)40(30(41)43)20-45-13-14-47(2,3)4)46-12-11-39-9-7-32(8-10-39)24-15-21(34)5-6-26(24)38-29(32)42/h5-6,15-17,22,44H,7-14,18-20H2,1-4H3,(H,38,42). The lowest BCUT2D eigenvalue weighted by atomic mass is 9.73. The number of hydrogen-bond donors (Lipinski definition) is 2. The van der Waals surface area contributed by atoms with Crippen molar-refractivity contribution >= 4 is 42.3 Å². The Morgan fingerprint density at radius 2 is 1.79 bits per heavy atom. The number of nitrogens with zero attached hydrogens (tertiary/aromatic N) is 3. The summed E-state index contributed by atoms with van der Waals surface area (Å²) in [5.41, 5.74) is -1.69. The fraction of sp³-hybridized carbons (Fsp3) is 0.576. The van der Waals surface area contributed by atoms with E-state index in [-0.39, 0.29) is 48.9 Å². The number of amides is 1. The second-order valence-electron chi connectivity index (χ2n) is 14.7. The van der Waals surface area contributed by atoms with Crippen molar-refractivity contribution in [3.63, 3.8) is 0 Å². The predicted molar refractivity (Wildman–Crippen MR) is 177 cm³/mol. The molecule has 1 saturated heterocycles. The van der Waals surface area contributed by atoms with Gasteiger partial charge in [-0.3, -0.25) is 18.8 Å². The lowest BCUT2D eigenvalue weighted by Crippen LogP contribution is -2.47. The highest BCUT2D eigenvalue weighted by atomic mass is 35.5. The van der Waals surface area contributed by atoms with E-state index in [1.807, 2.05) is 12.1 Å². The molecule has 1 spiro atoms. The number of imidazole rings is 1. The van der Waals surface area contributed by atoms with Crippen LogP contribution < -0.4 is 15.7 Å². The van der Waals surface area contributed by atoms with E-state index in [2.05, 4.69) is 29.9 Å². The Hall–Kier alpha value is -2.84. The van der Waals surface area contributed by atoms with Gasteiger partial charge in [0.1, 0.15) is 19.1 Å². The molecule has 3 aromatic rings. The Balaban J connectivity index is 1.21. The first-order valence-electron chi connectivity index (χ1n) is 16.1. The second-order valence-corrected chi connectivity index (χ2v) is 20.8. The van der Waals surface area contributed by atoms with Gasteiger partial charge in [-0.25, -0.2) is 4.79 Å². The number of piperidine rings is 1. The van der Waals surface area contributed by atoms with Crippen LogP contribution in [0.25, 0.3) is 11.0 Å². The molecule has 1 aliphatic carbocycles. The number of halogens is 4. The van der Waals surface area contributed by atoms with Gasteiger partial charge in [0.25, 0.3) is 0 Å². The number of fused-ring (bicyclic) bond motifs is 3. The van der Waals surface area contributed by atoms with Gasteiger partial charge in [-0.05, 0) is 81.6 Å². The van der Waals surface area contributed by atoms with E-state index < -0.39 is 42.6 Å². The first-order chi connectivity index (χ1) is 22.0. The van der Waals surface area contributed by atoms with Crippen molar-refractivity contribution in [1.29, 1.82) is 0 Å². The third-order valence-electron chi connectivity index (χ3n) is 9.84. The highest BCUT2D eigenvalue weighted by Gasteiger charge is 2.48. The van der Waals surface area contributed by atoms with E-state index >= 15 is 0 Å². The zero-order valence-corrected chi connectivity index (χ0v) is 28.9. The molecule has 1 amide bonds. The van der Waals surface area contributed by atoms with Crippen molar-refractivity contribution < 1.29 is 32.5 Å². The molecule has 3 heterocycles. The van der Waals surface area contributed by atoms with Crippen LogP contribution in [-0.4, -0.2) is 71.6 Å². The highest BCUT2D eigenvalue weighted by Crippen LogP contribution is 2.47. The van der Waals surface area contributed by atoms with Crippen LogP contribution in [0.5, 0.6) is 5.75 Å². The Bertz CT molecular complexity index is 1730. The molecule has 0 atom stereocenters. The molecular formula is C33H42ClF3N4O5Si. The zero-order chi connectivity index (χ0) is 33.9. The Morgan fingerprint density at radius 1 is 1.09 bits per heavy atom. The minimum absolute atomic E-state index is 0.00523. The molecule has 0 radical (unpaired) electrons. The zero-order valence-electron chi connectivity index (χ0n) is 27.2. The van der Waals surface area contributed by atoms with Gasteiger partial charge >= 0.3 is 11.9 Å². The van der Waals surface area contributed by atoms with Gasteiger partial charge in [-0.15, -0.1) is 0 Å². The summed E-state index contributed by atoms with van der Waals surface area (Å²) in [6.45, 7) is 10.2. The number of carbonyl (C=O) groups is 1. The number of likely N-dealkylation sites (tertiary alicyclic amines) is 1. The first-order valence-corrected chi connectivity index (χ1v) is 20.2. The van der Waals surface area contributed by atoms with Gasteiger partial charge in [-0.2, -0.15) is 13.2 Å². The highest BCUT2D eigenvalue weighted by molar-refractivity contribution is 6.76. The second kappa shape index (κ2) is 12.2. The molecule has 14 heteroatoms. The van der Waals surface area contributed by atoms with Crippen LogP contribution in [0.15, 0.2) is 35.1 Å². The van der Waals surface area contributed by atoms with E-state index in [4.69, 9.17) is 21.1 Å². The van der Waals surface area contributed by atoms with Crippen molar-refractivity contribution in [2.75, 3.05) is 38.2 Å². The quantitative estimate of drug-likeness (QED) is 0.193. The topological polar surface area (TPSA) is 98.0 Å². The van der Waals surface area contributed by atoms with Crippen LogP contribution in [0.1, 0.15) is 49.8 Å². The summed E-state index contributed by atoms with van der Waals surface area (Å²) in [6.07, 6.45) is -3.24. The molecule has 0 bridgehead atoms. The molecule has 1 aromatic heterocycles. The smallest absolute Gasteiger partial charge is 0.418 e. The van der Waals surface area contributed by atoms with Gasteiger partial charge in [0.05, 0.1) is 27.6 Å². The van der Waals surface area contributed by atoms with Gasteiger partial charge in [0.15, 0.2) is 0 Å². The molecular weight excluding hydrogens is 653 g/mol. The fourth-order valence-corrected chi connectivity index (χ4v) is 8.08. The maximum Gasteiger partial charge on any atom is 0.418 e. The van der Waals surface area contributed by atoms with Crippen molar-refractivity contribution in [2.24, 2.45) is 0 Å². The van der Waals surface area contributed by atoms with E-state index in [1.165, 1.54) is 15.2 Å². The Labute approximate surface area is 277 Å². The van der Waals surface area contributed by atoms with E-state index in [0.29, 0.717) is 44.1 Å². The number of carbonyl (C=O) groups excluding carboxylic acids is 1.